The molecule has 0 aliphatic heterocycles. The van der Waals surface area contributed by atoms with Crippen LogP contribution in [-0.4, -0.2) is 25.7 Å². The quantitative estimate of drug-likeness (QED) is 0.916. The van der Waals surface area contributed by atoms with Crippen LogP contribution in [0.1, 0.15) is 59.7 Å². The van der Waals surface area contributed by atoms with E-state index in [0.29, 0.717) is 18.0 Å². The number of nitrogens with zero attached hydrogens (tertiary/aromatic N) is 4. The summed E-state index contributed by atoms with van der Waals surface area (Å²) in [6.45, 7) is 2.40. The highest BCUT2D eigenvalue weighted by Crippen LogP contribution is 2.35. The van der Waals surface area contributed by atoms with Gasteiger partial charge in [-0.3, -0.25) is 9.78 Å². The van der Waals surface area contributed by atoms with Gasteiger partial charge >= 0.3 is 0 Å². The van der Waals surface area contributed by atoms with E-state index < -0.39 is 0 Å². The average molecular weight is 299 g/mol. The minimum absolute atomic E-state index is 0.0903. The van der Waals surface area contributed by atoms with E-state index in [2.05, 4.69) is 20.5 Å². The largest absolute Gasteiger partial charge is 0.345 e. The molecule has 0 radical (unpaired) electrons. The first-order valence-electron chi connectivity index (χ1n) is 7.80. The summed E-state index contributed by atoms with van der Waals surface area (Å²) in [5.74, 6) is 2.28. The van der Waals surface area contributed by atoms with Crippen LogP contribution in [0.3, 0.4) is 0 Å². The highest BCUT2D eigenvalue weighted by atomic mass is 16.1. The Hall–Kier alpha value is -2.24. The summed E-state index contributed by atoms with van der Waals surface area (Å²) in [5, 5.41) is 11.4. The van der Waals surface area contributed by atoms with E-state index in [4.69, 9.17) is 0 Å². The molecule has 1 amide bonds. The third-order valence-electron chi connectivity index (χ3n) is 4.41. The van der Waals surface area contributed by atoms with Crippen molar-refractivity contribution in [3.05, 3.63) is 41.2 Å². The van der Waals surface area contributed by atoms with Gasteiger partial charge in [-0.1, -0.05) is 13.3 Å². The van der Waals surface area contributed by atoms with E-state index >= 15 is 0 Å². The zero-order valence-electron chi connectivity index (χ0n) is 13.0. The van der Waals surface area contributed by atoms with Crippen LogP contribution in [0.5, 0.6) is 0 Å². The highest BCUT2D eigenvalue weighted by molar-refractivity contribution is 5.95. The van der Waals surface area contributed by atoms with Gasteiger partial charge in [-0.15, -0.1) is 10.2 Å². The molecule has 2 aromatic heterocycles. The van der Waals surface area contributed by atoms with Gasteiger partial charge in [0.1, 0.15) is 5.82 Å². The summed E-state index contributed by atoms with van der Waals surface area (Å²) in [6.07, 6.45) is 7.82. The van der Waals surface area contributed by atoms with E-state index in [0.717, 1.165) is 23.6 Å². The minimum atomic E-state index is -0.0903. The molecule has 22 heavy (non-hydrogen) atoms. The van der Waals surface area contributed by atoms with Gasteiger partial charge in [0.2, 0.25) is 0 Å². The second kappa shape index (κ2) is 6.25. The molecule has 0 spiro atoms. The number of rotatable bonds is 5. The lowest BCUT2D eigenvalue weighted by Gasteiger charge is -2.24. The van der Waals surface area contributed by atoms with Crippen LogP contribution in [0.2, 0.25) is 0 Å². The van der Waals surface area contributed by atoms with Crippen molar-refractivity contribution >= 4 is 5.91 Å². The third kappa shape index (κ3) is 2.73. The van der Waals surface area contributed by atoms with E-state index in [1.807, 2.05) is 18.5 Å². The maximum absolute atomic E-state index is 12.3. The molecule has 3 rings (SSSR count). The van der Waals surface area contributed by atoms with Crippen molar-refractivity contribution in [1.82, 2.24) is 25.1 Å². The van der Waals surface area contributed by atoms with Crippen molar-refractivity contribution in [3.8, 4) is 0 Å². The highest BCUT2D eigenvalue weighted by Gasteiger charge is 2.25. The molecule has 1 aliphatic rings. The van der Waals surface area contributed by atoms with Gasteiger partial charge in [0.25, 0.3) is 5.91 Å². The minimum Gasteiger partial charge on any atom is -0.345 e. The Labute approximate surface area is 130 Å². The van der Waals surface area contributed by atoms with Crippen molar-refractivity contribution in [2.75, 3.05) is 0 Å². The van der Waals surface area contributed by atoms with E-state index in [1.54, 1.807) is 18.5 Å². The molecule has 2 aromatic rings. The maximum Gasteiger partial charge on any atom is 0.252 e. The number of nitrogens with one attached hydrogen (secondary N) is 1. The number of aromatic nitrogens is 4. The van der Waals surface area contributed by atoms with Crippen LogP contribution >= 0.6 is 0 Å². The number of carbonyl (C=O) groups is 1. The lowest BCUT2D eigenvalue weighted by molar-refractivity contribution is 0.0948. The van der Waals surface area contributed by atoms with Crippen LogP contribution in [0.25, 0.3) is 0 Å². The van der Waals surface area contributed by atoms with E-state index in [1.165, 1.54) is 19.3 Å². The summed E-state index contributed by atoms with van der Waals surface area (Å²) >= 11 is 0. The van der Waals surface area contributed by atoms with Crippen LogP contribution < -0.4 is 5.32 Å². The SMILES string of the molecule is CCc1cnccc1C(=O)NCc1nnc(C2CCC2)n1C. The molecule has 6 nitrogen and oxygen atoms in total. The predicted molar refractivity (Wildman–Crippen MR) is 82.4 cm³/mol. The summed E-state index contributed by atoms with van der Waals surface area (Å²) in [5.41, 5.74) is 1.63. The number of amides is 1. The molecular weight excluding hydrogens is 278 g/mol. The lowest BCUT2D eigenvalue weighted by atomic mass is 9.85. The first-order chi connectivity index (χ1) is 10.7. The molecule has 1 fully saturated rings. The van der Waals surface area contributed by atoms with Gasteiger partial charge < -0.3 is 9.88 Å². The molecule has 0 unspecified atom stereocenters. The zero-order valence-corrected chi connectivity index (χ0v) is 13.0. The number of hydrogen-bond donors (Lipinski definition) is 1. The van der Waals surface area contributed by atoms with Gasteiger partial charge in [0, 0.05) is 30.9 Å². The van der Waals surface area contributed by atoms with Crippen molar-refractivity contribution < 1.29 is 4.79 Å². The number of aryl methyl sites for hydroxylation is 1. The number of pyridine rings is 1. The molecule has 2 heterocycles. The Balaban J connectivity index is 1.67. The molecule has 6 heteroatoms. The number of hydrogen-bond acceptors (Lipinski definition) is 4. The molecule has 0 atom stereocenters. The Morgan fingerprint density at radius 3 is 2.91 bits per heavy atom. The molecule has 1 N–H and O–H groups in total. The fourth-order valence-electron chi connectivity index (χ4n) is 2.74. The zero-order chi connectivity index (χ0) is 15.5. The van der Waals surface area contributed by atoms with E-state index in [9.17, 15) is 4.79 Å². The van der Waals surface area contributed by atoms with Crippen LogP contribution in [0.4, 0.5) is 0 Å². The number of carbonyl (C=O) groups excluding carboxylic acids is 1. The first-order valence-corrected chi connectivity index (χ1v) is 7.80. The van der Waals surface area contributed by atoms with Gasteiger partial charge in [0.05, 0.1) is 6.54 Å². The Kier molecular flexibility index (Phi) is 4.18. The second-order valence-electron chi connectivity index (χ2n) is 5.73. The van der Waals surface area contributed by atoms with Gasteiger partial charge in [-0.2, -0.15) is 0 Å². The Morgan fingerprint density at radius 2 is 2.23 bits per heavy atom. The van der Waals surface area contributed by atoms with Gasteiger partial charge in [0.15, 0.2) is 5.82 Å². The lowest BCUT2D eigenvalue weighted by Crippen LogP contribution is -2.26. The molecule has 0 aromatic carbocycles. The Morgan fingerprint density at radius 1 is 1.41 bits per heavy atom. The Bertz CT molecular complexity index is 675. The molecule has 0 saturated heterocycles. The molecule has 116 valence electrons. The van der Waals surface area contributed by atoms with Gasteiger partial charge in [-0.25, -0.2) is 0 Å². The van der Waals surface area contributed by atoms with Crippen LogP contribution in [0.15, 0.2) is 18.5 Å². The average Bonchev–Trinajstić information content (AvgIpc) is 2.84. The predicted octanol–water partition coefficient (Wildman–Crippen LogP) is 1.97. The summed E-state index contributed by atoms with van der Waals surface area (Å²) in [7, 11) is 1.97. The smallest absolute Gasteiger partial charge is 0.252 e. The molecule has 1 saturated carbocycles. The fraction of sp³-hybridized carbons (Fsp3) is 0.500. The van der Waals surface area contributed by atoms with Crippen LogP contribution in [0, 0.1) is 0 Å². The molecule has 1 aliphatic carbocycles. The first kappa shape index (κ1) is 14.7. The van der Waals surface area contributed by atoms with Crippen molar-refractivity contribution in [1.29, 1.82) is 0 Å². The summed E-state index contributed by atoms with van der Waals surface area (Å²) < 4.78 is 2.01. The molecule has 0 bridgehead atoms. The van der Waals surface area contributed by atoms with Crippen molar-refractivity contribution in [2.24, 2.45) is 7.05 Å². The fourth-order valence-corrected chi connectivity index (χ4v) is 2.74. The maximum atomic E-state index is 12.3. The van der Waals surface area contributed by atoms with E-state index in [-0.39, 0.29) is 5.91 Å². The summed E-state index contributed by atoms with van der Waals surface area (Å²) in [4.78, 5) is 16.4. The topological polar surface area (TPSA) is 72.7 Å². The standard InChI is InChI=1S/C16H21N5O/c1-3-11-9-17-8-7-13(11)16(22)18-10-14-19-20-15(21(14)2)12-5-4-6-12/h7-9,12H,3-6,10H2,1-2H3,(H,18,22). The van der Waals surface area contributed by atoms with Gasteiger partial charge in [-0.05, 0) is 30.9 Å². The van der Waals surface area contributed by atoms with Crippen LogP contribution in [-0.2, 0) is 20.0 Å². The van der Waals surface area contributed by atoms with Crippen molar-refractivity contribution in [3.63, 3.8) is 0 Å². The summed E-state index contributed by atoms with van der Waals surface area (Å²) in [6, 6.07) is 1.75. The normalized spacial score (nSPS) is 14.6. The second-order valence-corrected chi connectivity index (χ2v) is 5.73. The monoisotopic (exact) mass is 299 g/mol. The third-order valence-corrected chi connectivity index (χ3v) is 4.41. The molecular formula is C16H21N5O. The van der Waals surface area contributed by atoms with Crippen molar-refractivity contribution in [2.45, 2.75) is 45.1 Å².